The van der Waals surface area contributed by atoms with Gasteiger partial charge in [0.15, 0.2) is 16.6 Å². The van der Waals surface area contributed by atoms with Crippen LogP contribution < -0.4 is 4.90 Å². The molecule has 1 fully saturated rings. The average Bonchev–Trinajstić information content (AvgIpc) is 3.56. The lowest BCUT2D eigenvalue weighted by molar-refractivity contribution is -0.120. The van der Waals surface area contributed by atoms with Gasteiger partial charge in [-0.15, -0.1) is 0 Å². The fraction of sp³-hybridized carbons (Fsp3) is 0.360. The lowest BCUT2D eigenvalue weighted by atomic mass is 10.0. The number of aromatic nitrogens is 4. The monoisotopic (exact) mass is 445 g/mol. The van der Waals surface area contributed by atoms with Crippen molar-refractivity contribution in [1.29, 1.82) is 0 Å². The Hall–Kier alpha value is -3.06. The van der Waals surface area contributed by atoms with Gasteiger partial charge in [0.05, 0.1) is 16.9 Å². The number of ketones is 1. The third-order valence-electron chi connectivity index (χ3n) is 6.26. The normalized spacial score (nSPS) is 16.2. The molecular formula is C25H27N5OS. The first-order valence-corrected chi connectivity index (χ1v) is 12.1. The molecule has 4 heterocycles. The highest BCUT2D eigenvalue weighted by Crippen LogP contribution is 2.38. The van der Waals surface area contributed by atoms with E-state index in [4.69, 9.17) is 4.98 Å². The Morgan fingerprint density at radius 1 is 1.22 bits per heavy atom. The van der Waals surface area contributed by atoms with Crippen molar-refractivity contribution in [3.05, 3.63) is 60.0 Å². The van der Waals surface area contributed by atoms with Crippen LogP contribution in [0, 0.1) is 0 Å². The minimum absolute atomic E-state index is 0.0813. The van der Waals surface area contributed by atoms with Gasteiger partial charge in [0, 0.05) is 43.5 Å². The molecule has 4 aromatic rings. The number of thiazole rings is 1. The topological polar surface area (TPSA) is 63.9 Å². The molecule has 0 aliphatic carbocycles. The number of carbonyl (C=O) groups excluding carboxylic acids is 1. The van der Waals surface area contributed by atoms with E-state index in [2.05, 4.69) is 34.0 Å². The second-order valence-electron chi connectivity index (χ2n) is 8.36. The van der Waals surface area contributed by atoms with E-state index in [0.29, 0.717) is 12.2 Å². The fourth-order valence-corrected chi connectivity index (χ4v) is 5.82. The standard InChI is InChI=1S/C25H27N5OS/c1-3-19-20(18-14-27-29(2)16-18)15-26-24-23(19)32-25(28-24)30-13-7-10-21(30)22(31)12-11-17-8-5-4-6-9-17/h4-6,8-9,14-16,21H,3,7,10-13H2,1-2H3/t21-/m1/s1. The van der Waals surface area contributed by atoms with Crippen molar-refractivity contribution in [2.75, 3.05) is 11.4 Å². The molecule has 0 bridgehead atoms. The first-order chi connectivity index (χ1) is 15.6. The van der Waals surface area contributed by atoms with E-state index >= 15 is 0 Å². The van der Waals surface area contributed by atoms with E-state index in [-0.39, 0.29) is 6.04 Å². The van der Waals surface area contributed by atoms with E-state index in [1.165, 1.54) is 11.1 Å². The molecule has 0 amide bonds. The number of pyridine rings is 1. The minimum atomic E-state index is -0.0813. The van der Waals surface area contributed by atoms with Crippen LogP contribution in [0.2, 0.25) is 0 Å². The Bertz CT molecular complexity index is 1250. The van der Waals surface area contributed by atoms with E-state index in [1.807, 2.05) is 48.5 Å². The SMILES string of the molecule is CCc1c(-c2cnn(C)c2)cnc2nc(N3CCC[C@@H]3C(=O)CCc3ccccc3)sc12. The molecule has 6 nitrogen and oxygen atoms in total. The molecule has 1 aromatic carbocycles. The van der Waals surface area contributed by atoms with Crippen molar-refractivity contribution in [2.45, 2.75) is 45.1 Å². The number of hydrogen-bond acceptors (Lipinski definition) is 6. The molecule has 0 N–H and O–H groups in total. The lowest BCUT2D eigenvalue weighted by Crippen LogP contribution is -2.36. The number of carbonyl (C=O) groups is 1. The first kappa shape index (κ1) is 20.8. The number of rotatable bonds is 7. The summed E-state index contributed by atoms with van der Waals surface area (Å²) in [5.74, 6) is 0.310. The quantitative estimate of drug-likeness (QED) is 0.408. The van der Waals surface area contributed by atoms with E-state index < -0.39 is 0 Å². The number of Topliss-reactive ketones (excluding diaryl/α,β-unsaturated/α-hetero) is 1. The van der Waals surface area contributed by atoms with Gasteiger partial charge in [0.1, 0.15) is 0 Å². The van der Waals surface area contributed by atoms with Crippen molar-refractivity contribution in [2.24, 2.45) is 7.05 Å². The summed E-state index contributed by atoms with van der Waals surface area (Å²) in [5, 5.41) is 5.23. The van der Waals surface area contributed by atoms with Gasteiger partial charge in [-0.1, -0.05) is 48.6 Å². The predicted molar refractivity (Wildman–Crippen MR) is 129 cm³/mol. The summed E-state index contributed by atoms with van der Waals surface area (Å²) in [7, 11) is 1.92. The van der Waals surface area contributed by atoms with Gasteiger partial charge in [0.25, 0.3) is 0 Å². The van der Waals surface area contributed by atoms with E-state index in [1.54, 1.807) is 11.3 Å². The molecule has 0 spiro atoms. The Balaban J connectivity index is 1.41. The minimum Gasteiger partial charge on any atom is -0.338 e. The zero-order valence-corrected chi connectivity index (χ0v) is 19.3. The number of aryl methyl sites for hydroxylation is 3. The highest BCUT2D eigenvalue weighted by atomic mass is 32.1. The van der Waals surface area contributed by atoms with Crippen molar-refractivity contribution in [1.82, 2.24) is 19.7 Å². The summed E-state index contributed by atoms with van der Waals surface area (Å²) < 4.78 is 2.93. The van der Waals surface area contributed by atoms with Crippen LogP contribution in [-0.2, 0) is 24.7 Å². The molecule has 1 atom stereocenters. The molecule has 0 radical (unpaired) electrons. The van der Waals surface area contributed by atoms with Gasteiger partial charge in [-0.3, -0.25) is 9.48 Å². The molecular weight excluding hydrogens is 418 g/mol. The lowest BCUT2D eigenvalue weighted by Gasteiger charge is -2.22. The smallest absolute Gasteiger partial charge is 0.188 e. The van der Waals surface area contributed by atoms with Crippen LogP contribution in [0.5, 0.6) is 0 Å². The zero-order valence-electron chi connectivity index (χ0n) is 18.5. The summed E-state index contributed by atoms with van der Waals surface area (Å²) in [6.07, 6.45) is 9.99. The third-order valence-corrected chi connectivity index (χ3v) is 7.40. The maximum Gasteiger partial charge on any atom is 0.188 e. The van der Waals surface area contributed by atoms with Crippen LogP contribution in [0.3, 0.4) is 0 Å². The summed E-state index contributed by atoms with van der Waals surface area (Å²) in [5.41, 5.74) is 5.42. The van der Waals surface area contributed by atoms with Crippen molar-refractivity contribution < 1.29 is 4.79 Å². The van der Waals surface area contributed by atoms with Gasteiger partial charge >= 0.3 is 0 Å². The highest BCUT2D eigenvalue weighted by molar-refractivity contribution is 7.22. The Morgan fingerprint density at radius 2 is 2.06 bits per heavy atom. The van der Waals surface area contributed by atoms with Gasteiger partial charge in [-0.05, 0) is 36.8 Å². The second-order valence-corrected chi connectivity index (χ2v) is 9.34. The molecule has 32 heavy (non-hydrogen) atoms. The van der Waals surface area contributed by atoms with Crippen LogP contribution in [0.25, 0.3) is 21.5 Å². The second kappa shape index (κ2) is 8.82. The Labute approximate surface area is 191 Å². The molecule has 7 heteroatoms. The van der Waals surface area contributed by atoms with Gasteiger partial charge in [-0.2, -0.15) is 10.1 Å². The van der Waals surface area contributed by atoms with Gasteiger partial charge in [0.2, 0.25) is 0 Å². The van der Waals surface area contributed by atoms with E-state index in [0.717, 1.165) is 58.8 Å². The number of fused-ring (bicyclic) bond motifs is 1. The van der Waals surface area contributed by atoms with Crippen molar-refractivity contribution in [3.8, 4) is 11.1 Å². The molecule has 0 unspecified atom stereocenters. The average molecular weight is 446 g/mol. The van der Waals surface area contributed by atoms with Crippen LogP contribution in [0.15, 0.2) is 48.9 Å². The van der Waals surface area contributed by atoms with E-state index in [9.17, 15) is 4.79 Å². The summed E-state index contributed by atoms with van der Waals surface area (Å²) in [4.78, 5) is 24.8. The summed E-state index contributed by atoms with van der Waals surface area (Å²) >= 11 is 1.67. The summed E-state index contributed by atoms with van der Waals surface area (Å²) in [6.45, 7) is 3.04. The number of benzene rings is 1. The van der Waals surface area contributed by atoms with Crippen molar-refractivity contribution >= 4 is 32.6 Å². The van der Waals surface area contributed by atoms with Crippen LogP contribution in [-0.4, -0.2) is 38.1 Å². The molecule has 164 valence electrons. The fourth-order valence-electron chi connectivity index (χ4n) is 4.60. The molecule has 1 aliphatic heterocycles. The van der Waals surface area contributed by atoms with Crippen LogP contribution in [0.1, 0.15) is 37.3 Å². The zero-order chi connectivity index (χ0) is 22.1. The largest absolute Gasteiger partial charge is 0.338 e. The third kappa shape index (κ3) is 3.93. The molecule has 3 aromatic heterocycles. The Kier molecular flexibility index (Phi) is 5.74. The molecule has 1 saturated heterocycles. The van der Waals surface area contributed by atoms with Crippen molar-refractivity contribution in [3.63, 3.8) is 0 Å². The first-order valence-electron chi connectivity index (χ1n) is 11.2. The highest BCUT2D eigenvalue weighted by Gasteiger charge is 2.32. The maximum atomic E-state index is 13.1. The predicted octanol–water partition coefficient (Wildman–Crippen LogP) is 4.82. The number of anilines is 1. The number of nitrogens with zero attached hydrogens (tertiary/aromatic N) is 5. The maximum absolute atomic E-state index is 13.1. The number of hydrogen-bond donors (Lipinski definition) is 0. The van der Waals surface area contributed by atoms with Crippen LogP contribution in [0.4, 0.5) is 5.13 Å². The Morgan fingerprint density at radius 3 is 2.81 bits per heavy atom. The molecule has 5 rings (SSSR count). The summed E-state index contributed by atoms with van der Waals surface area (Å²) in [6, 6.07) is 10.2. The molecule has 1 aliphatic rings. The molecule has 0 saturated carbocycles. The van der Waals surface area contributed by atoms with Crippen LogP contribution >= 0.6 is 11.3 Å². The van der Waals surface area contributed by atoms with Gasteiger partial charge < -0.3 is 4.90 Å². The van der Waals surface area contributed by atoms with Gasteiger partial charge in [-0.25, -0.2) is 4.98 Å².